The van der Waals surface area contributed by atoms with Crippen LogP contribution < -0.4 is 10.1 Å². The predicted molar refractivity (Wildman–Crippen MR) is 107 cm³/mol. The number of amides is 1. The Kier molecular flexibility index (Phi) is 5.49. The Balaban J connectivity index is 1.48. The molecule has 27 heavy (non-hydrogen) atoms. The Morgan fingerprint density at radius 3 is 2.59 bits per heavy atom. The van der Waals surface area contributed by atoms with E-state index >= 15 is 0 Å². The van der Waals surface area contributed by atoms with Gasteiger partial charge in [0.15, 0.2) is 6.10 Å². The Labute approximate surface area is 160 Å². The van der Waals surface area contributed by atoms with E-state index in [-0.39, 0.29) is 11.3 Å². The molecule has 1 unspecified atom stereocenters. The average molecular weight is 365 g/mol. The van der Waals surface area contributed by atoms with E-state index in [9.17, 15) is 4.79 Å². The van der Waals surface area contributed by atoms with Crippen molar-refractivity contribution in [3.8, 4) is 5.75 Å². The number of imidazole rings is 1. The third-order valence-corrected chi connectivity index (χ3v) is 4.50. The predicted octanol–water partition coefficient (Wildman–Crippen LogP) is 3.76. The SMILES string of the molecule is CC(Oc1ccc(C(C)(C)C)cc1)C(=O)NCCc1cn2ccccc2n1. The minimum absolute atomic E-state index is 0.0967. The summed E-state index contributed by atoms with van der Waals surface area (Å²) in [5.74, 6) is 0.574. The topological polar surface area (TPSA) is 55.6 Å². The number of hydrogen-bond acceptors (Lipinski definition) is 3. The largest absolute Gasteiger partial charge is 0.481 e. The van der Waals surface area contributed by atoms with Crippen LogP contribution in [-0.2, 0) is 16.6 Å². The van der Waals surface area contributed by atoms with Crippen molar-refractivity contribution in [2.45, 2.75) is 45.6 Å². The van der Waals surface area contributed by atoms with E-state index in [0.717, 1.165) is 11.3 Å². The Bertz CT molecular complexity index is 874. The van der Waals surface area contributed by atoms with Crippen molar-refractivity contribution in [2.24, 2.45) is 0 Å². The lowest BCUT2D eigenvalue weighted by Gasteiger charge is -2.20. The number of ether oxygens (including phenoxy) is 1. The number of fused-ring (bicyclic) bond motifs is 1. The summed E-state index contributed by atoms with van der Waals surface area (Å²) in [5.41, 5.74) is 3.20. The van der Waals surface area contributed by atoms with Gasteiger partial charge in [-0.05, 0) is 42.2 Å². The highest BCUT2D eigenvalue weighted by atomic mass is 16.5. The van der Waals surface area contributed by atoms with Crippen LogP contribution in [0.4, 0.5) is 0 Å². The molecule has 1 N–H and O–H groups in total. The first-order valence-corrected chi connectivity index (χ1v) is 9.30. The van der Waals surface area contributed by atoms with Crippen molar-refractivity contribution in [3.63, 3.8) is 0 Å². The van der Waals surface area contributed by atoms with Crippen molar-refractivity contribution < 1.29 is 9.53 Å². The third kappa shape index (κ3) is 4.88. The van der Waals surface area contributed by atoms with Gasteiger partial charge in [-0.1, -0.05) is 39.0 Å². The number of carbonyl (C=O) groups excluding carboxylic acids is 1. The molecule has 2 aromatic heterocycles. The van der Waals surface area contributed by atoms with E-state index in [1.165, 1.54) is 5.56 Å². The maximum atomic E-state index is 12.3. The molecule has 3 rings (SSSR count). The van der Waals surface area contributed by atoms with Crippen LogP contribution in [0.25, 0.3) is 5.65 Å². The van der Waals surface area contributed by atoms with Gasteiger partial charge in [0.05, 0.1) is 5.69 Å². The van der Waals surface area contributed by atoms with Gasteiger partial charge in [0.2, 0.25) is 0 Å². The van der Waals surface area contributed by atoms with Gasteiger partial charge in [-0.3, -0.25) is 4.79 Å². The lowest BCUT2D eigenvalue weighted by molar-refractivity contribution is -0.127. The van der Waals surface area contributed by atoms with Gasteiger partial charge in [-0.15, -0.1) is 0 Å². The van der Waals surface area contributed by atoms with Crippen molar-refractivity contribution >= 4 is 11.6 Å². The number of pyridine rings is 1. The number of rotatable bonds is 6. The van der Waals surface area contributed by atoms with Gasteiger partial charge in [-0.2, -0.15) is 0 Å². The molecule has 0 aliphatic rings. The Hall–Kier alpha value is -2.82. The molecule has 0 saturated heterocycles. The smallest absolute Gasteiger partial charge is 0.260 e. The highest BCUT2D eigenvalue weighted by Gasteiger charge is 2.16. The van der Waals surface area contributed by atoms with E-state index < -0.39 is 6.10 Å². The average Bonchev–Trinajstić information content (AvgIpc) is 3.04. The van der Waals surface area contributed by atoms with Gasteiger partial charge in [0.1, 0.15) is 11.4 Å². The monoisotopic (exact) mass is 365 g/mol. The summed E-state index contributed by atoms with van der Waals surface area (Å²) in [6.45, 7) is 8.80. The molecular weight excluding hydrogens is 338 g/mol. The van der Waals surface area contributed by atoms with Gasteiger partial charge in [-0.25, -0.2) is 4.98 Å². The molecule has 0 spiro atoms. The van der Waals surface area contributed by atoms with E-state index in [1.54, 1.807) is 6.92 Å². The van der Waals surface area contributed by atoms with Crippen LogP contribution >= 0.6 is 0 Å². The van der Waals surface area contributed by atoms with Gasteiger partial charge in [0, 0.05) is 25.4 Å². The standard InChI is InChI=1S/C22H27N3O2/c1-16(27-19-10-8-17(9-11-19)22(2,3)4)21(26)23-13-12-18-15-25-14-6-5-7-20(25)24-18/h5-11,14-16H,12-13H2,1-4H3,(H,23,26). The quantitative estimate of drug-likeness (QED) is 0.724. The molecule has 1 amide bonds. The zero-order chi connectivity index (χ0) is 19.4. The molecule has 3 aromatic rings. The summed E-state index contributed by atoms with van der Waals surface area (Å²) in [5, 5.41) is 2.92. The molecule has 0 aliphatic carbocycles. The molecule has 0 bridgehead atoms. The van der Waals surface area contributed by atoms with Crippen LogP contribution in [0.1, 0.15) is 39.0 Å². The number of aromatic nitrogens is 2. The Morgan fingerprint density at radius 1 is 1.19 bits per heavy atom. The first kappa shape index (κ1) is 19.0. The summed E-state index contributed by atoms with van der Waals surface area (Å²) in [6, 6.07) is 13.8. The number of hydrogen-bond donors (Lipinski definition) is 1. The molecule has 0 saturated carbocycles. The van der Waals surface area contributed by atoms with Gasteiger partial charge >= 0.3 is 0 Å². The lowest BCUT2D eigenvalue weighted by Crippen LogP contribution is -2.37. The van der Waals surface area contributed by atoms with Crippen molar-refractivity contribution in [1.82, 2.24) is 14.7 Å². The minimum Gasteiger partial charge on any atom is -0.481 e. The lowest BCUT2D eigenvalue weighted by atomic mass is 9.87. The van der Waals surface area contributed by atoms with Crippen LogP contribution in [0.5, 0.6) is 5.75 Å². The second-order valence-electron chi connectivity index (χ2n) is 7.77. The van der Waals surface area contributed by atoms with Crippen molar-refractivity contribution in [2.75, 3.05) is 6.54 Å². The number of nitrogens with zero attached hydrogens (tertiary/aromatic N) is 2. The molecule has 0 aliphatic heterocycles. The summed E-state index contributed by atoms with van der Waals surface area (Å²) < 4.78 is 7.74. The number of carbonyl (C=O) groups is 1. The highest BCUT2D eigenvalue weighted by molar-refractivity contribution is 5.80. The Morgan fingerprint density at radius 2 is 1.93 bits per heavy atom. The van der Waals surface area contributed by atoms with E-state index in [4.69, 9.17) is 4.74 Å². The molecule has 0 radical (unpaired) electrons. The fourth-order valence-electron chi connectivity index (χ4n) is 2.86. The fraction of sp³-hybridized carbons (Fsp3) is 0.364. The molecule has 1 atom stereocenters. The van der Waals surface area contributed by atoms with Gasteiger partial charge in [0.25, 0.3) is 5.91 Å². The molecule has 1 aromatic carbocycles. The molecule has 5 heteroatoms. The molecule has 0 fully saturated rings. The van der Waals surface area contributed by atoms with Crippen LogP contribution in [0, 0.1) is 0 Å². The van der Waals surface area contributed by atoms with Crippen LogP contribution in [0.2, 0.25) is 0 Å². The van der Waals surface area contributed by atoms with Crippen LogP contribution in [0.3, 0.4) is 0 Å². The number of benzene rings is 1. The van der Waals surface area contributed by atoms with Gasteiger partial charge < -0.3 is 14.5 Å². The first-order valence-electron chi connectivity index (χ1n) is 9.30. The molecular formula is C22H27N3O2. The van der Waals surface area contributed by atoms with E-state index in [0.29, 0.717) is 18.7 Å². The van der Waals surface area contributed by atoms with E-state index in [2.05, 4.69) is 31.1 Å². The maximum Gasteiger partial charge on any atom is 0.260 e. The molecule has 142 valence electrons. The van der Waals surface area contributed by atoms with Crippen LogP contribution in [0.15, 0.2) is 54.9 Å². The maximum absolute atomic E-state index is 12.3. The van der Waals surface area contributed by atoms with Crippen molar-refractivity contribution in [3.05, 3.63) is 66.1 Å². The minimum atomic E-state index is -0.549. The summed E-state index contributed by atoms with van der Waals surface area (Å²) in [7, 11) is 0. The van der Waals surface area contributed by atoms with Crippen molar-refractivity contribution in [1.29, 1.82) is 0 Å². The fourth-order valence-corrected chi connectivity index (χ4v) is 2.86. The second kappa shape index (κ2) is 7.82. The molecule has 2 heterocycles. The third-order valence-electron chi connectivity index (χ3n) is 4.50. The second-order valence-corrected chi connectivity index (χ2v) is 7.77. The summed E-state index contributed by atoms with van der Waals surface area (Å²) in [6.07, 6.45) is 4.08. The van der Waals surface area contributed by atoms with Crippen LogP contribution in [-0.4, -0.2) is 27.9 Å². The first-order chi connectivity index (χ1) is 12.8. The summed E-state index contributed by atoms with van der Waals surface area (Å²) in [4.78, 5) is 16.8. The summed E-state index contributed by atoms with van der Waals surface area (Å²) >= 11 is 0. The number of nitrogens with one attached hydrogen (secondary N) is 1. The zero-order valence-electron chi connectivity index (χ0n) is 16.4. The molecule has 5 nitrogen and oxygen atoms in total. The zero-order valence-corrected chi connectivity index (χ0v) is 16.4. The highest BCUT2D eigenvalue weighted by Crippen LogP contribution is 2.24. The normalized spacial score (nSPS) is 12.7. The van der Waals surface area contributed by atoms with E-state index in [1.807, 2.05) is 59.3 Å².